The summed E-state index contributed by atoms with van der Waals surface area (Å²) in [5.74, 6) is 0.504. The van der Waals surface area contributed by atoms with Crippen LogP contribution in [0.4, 0.5) is 4.39 Å². The van der Waals surface area contributed by atoms with Gasteiger partial charge in [-0.15, -0.1) is 0 Å². The van der Waals surface area contributed by atoms with E-state index in [1.807, 2.05) is 0 Å². The summed E-state index contributed by atoms with van der Waals surface area (Å²) in [5, 5.41) is 0.432. The summed E-state index contributed by atoms with van der Waals surface area (Å²) in [6, 6.07) is 4.69. The number of benzene rings is 1. The molecule has 1 fully saturated rings. The number of Topliss-reactive ketones (excluding diaryl/α,β-unsaturated/α-hetero) is 1. The third-order valence-corrected chi connectivity index (χ3v) is 4.32. The van der Waals surface area contributed by atoms with Crippen molar-refractivity contribution in [2.45, 2.75) is 39.0 Å². The van der Waals surface area contributed by atoms with Crippen LogP contribution in [0.1, 0.15) is 38.2 Å². The van der Waals surface area contributed by atoms with Gasteiger partial charge in [-0.1, -0.05) is 31.0 Å². The number of rotatable bonds is 3. The van der Waals surface area contributed by atoms with Gasteiger partial charge in [-0.25, -0.2) is 4.39 Å². The van der Waals surface area contributed by atoms with E-state index in [-0.39, 0.29) is 17.5 Å². The Morgan fingerprint density at radius 3 is 2.89 bits per heavy atom. The lowest BCUT2D eigenvalue weighted by Crippen LogP contribution is -2.26. The van der Waals surface area contributed by atoms with Crippen molar-refractivity contribution in [2.24, 2.45) is 11.8 Å². The first kappa shape index (κ1) is 13.5. The highest BCUT2D eigenvalue weighted by molar-refractivity contribution is 6.31. The molecule has 1 aliphatic carbocycles. The van der Waals surface area contributed by atoms with Crippen molar-refractivity contribution in [1.29, 1.82) is 0 Å². The van der Waals surface area contributed by atoms with E-state index < -0.39 is 0 Å². The van der Waals surface area contributed by atoms with Crippen LogP contribution in [0.15, 0.2) is 18.2 Å². The highest BCUT2D eigenvalue weighted by atomic mass is 35.5. The van der Waals surface area contributed by atoms with Gasteiger partial charge in [0, 0.05) is 22.9 Å². The lowest BCUT2D eigenvalue weighted by Gasteiger charge is -2.27. The standard InChI is InChI=1S/C15H18ClFO/c1-2-10-6-7-15(18)11(8-10)9-12-13(16)4-3-5-14(12)17/h3-5,10-11H,2,6-9H2,1H3. The van der Waals surface area contributed by atoms with Crippen molar-refractivity contribution in [3.05, 3.63) is 34.6 Å². The SMILES string of the molecule is CCC1CCC(=O)C(Cc2c(F)cccc2Cl)C1. The summed E-state index contributed by atoms with van der Waals surface area (Å²) < 4.78 is 13.7. The third kappa shape index (κ3) is 2.92. The third-order valence-electron chi connectivity index (χ3n) is 3.96. The van der Waals surface area contributed by atoms with Gasteiger partial charge in [0.1, 0.15) is 11.6 Å². The van der Waals surface area contributed by atoms with Crippen molar-refractivity contribution in [2.75, 3.05) is 0 Å². The predicted octanol–water partition coefficient (Wildman–Crippen LogP) is 4.42. The molecule has 0 aliphatic heterocycles. The lowest BCUT2D eigenvalue weighted by molar-refractivity contribution is -0.125. The van der Waals surface area contributed by atoms with E-state index in [0.717, 1.165) is 19.3 Å². The van der Waals surface area contributed by atoms with Crippen LogP contribution in [-0.4, -0.2) is 5.78 Å². The van der Waals surface area contributed by atoms with E-state index in [2.05, 4.69) is 6.92 Å². The van der Waals surface area contributed by atoms with Crippen LogP contribution >= 0.6 is 11.6 Å². The number of halogens is 2. The van der Waals surface area contributed by atoms with E-state index in [4.69, 9.17) is 11.6 Å². The molecule has 1 aromatic rings. The number of carbonyl (C=O) groups excluding carboxylic acids is 1. The summed E-state index contributed by atoms with van der Waals surface area (Å²) in [6.45, 7) is 2.15. The molecule has 18 heavy (non-hydrogen) atoms. The Hall–Kier alpha value is -0.890. The van der Waals surface area contributed by atoms with Crippen molar-refractivity contribution in [3.63, 3.8) is 0 Å². The Kier molecular flexibility index (Phi) is 4.39. The molecule has 1 aromatic carbocycles. The average molecular weight is 269 g/mol. The fraction of sp³-hybridized carbons (Fsp3) is 0.533. The highest BCUT2D eigenvalue weighted by Crippen LogP contribution is 2.32. The molecule has 2 atom stereocenters. The second-order valence-electron chi connectivity index (χ2n) is 5.12. The van der Waals surface area contributed by atoms with Gasteiger partial charge < -0.3 is 0 Å². The molecule has 0 heterocycles. The van der Waals surface area contributed by atoms with Gasteiger partial charge in [0.15, 0.2) is 0 Å². The van der Waals surface area contributed by atoms with E-state index >= 15 is 0 Å². The Morgan fingerprint density at radius 2 is 2.22 bits per heavy atom. The summed E-state index contributed by atoms with van der Waals surface area (Å²) >= 11 is 6.02. The van der Waals surface area contributed by atoms with Gasteiger partial charge in [-0.2, -0.15) is 0 Å². The Labute approximate surface area is 112 Å². The quantitative estimate of drug-likeness (QED) is 0.793. The largest absolute Gasteiger partial charge is 0.299 e. The summed E-state index contributed by atoms with van der Waals surface area (Å²) in [4.78, 5) is 11.9. The maximum Gasteiger partial charge on any atom is 0.136 e. The maximum absolute atomic E-state index is 13.7. The molecular formula is C15H18ClFO. The van der Waals surface area contributed by atoms with Crippen LogP contribution in [0.25, 0.3) is 0 Å². The van der Waals surface area contributed by atoms with Gasteiger partial charge in [-0.05, 0) is 37.3 Å². The predicted molar refractivity (Wildman–Crippen MR) is 71.2 cm³/mol. The van der Waals surface area contributed by atoms with Crippen LogP contribution in [0.5, 0.6) is 0 Å². The minimum Gasteiger partial charge on any atom is -0.299 e. The minimum atomic E-state index is -0.297. The molecule has 0 aromatic heterocycles. The first-order valence-corrected chi connectivity index (χ1v) is 6.95. The molecule has 2 unspecified atom stereocenters. The molecule has 0 saturated heterocycles. The first-order chi connectivity index (χ1) is 8.61. The molecule has 1 nitrogen and oxygen atoms in total. The molecule has 2 rings (SSSR count). The summed E-state index contributed by atoms with van der Waals surface area (Å²) in [6.07, 6.45) is 4.03. The lowest BCUT2D eigenvalue weighted by atomic mass is 9.77. The Bertz CT molecular complexity index is 424. The number of ketones is 1. The zero-order valence-electron chi connectivity index (χ0n) is 10.6. The van der Waals surface area contributed by atoms with Crippen molar-refractivity contribution in [3.8, 4) is 0 Å². The molecule has 0 N–H and O–H groups in total. The van der Waals surface area contributed by atoms with E-state index in [1.165, 1.54) is 6.07 Å². The summed E-state index contributed by atoms with van der Waals surface area (Å²) in [7, 11) is 0. The van der Waals surface area contributed by atoms with Gasteiger partial charge in [0.25, 0.3) is 0 Å². The minimum absolute atomic E-state index is 0.0573. The molecular weight excluding hydrogens is 251 g/mol. The first-order valence-electron chi connectivity index (χ1n) is 6.57. The van der Waals surface area contributed by atoms with Crippen LogP contribution < -0.4 is 0 Å². The number of carbonyl (C=O) groups is 1. The zero-order valence-corrected chi connectivity index (χ0v) is 11.3. The van der Waals surface area contributed by atoms with Crippen LogP contribution in [-0.2, 0) is 11.2 Å². The summed E-state index contributed by atoms with van der Waals surface area (Å²) in [5.41, 5.74) is 0.495. The van der Waals surface area contributed by atoms with Crippen molar-refractivity contribution >= 4 is 17.4 Å². The second-order valence-corrected chi connectivity index (χ2v) is 5.52. The van der Waals surface area contributed by atoms with Gasteiger partial charge >= 0.3 is 0 Å². The molecule has 0 radical (unpaired) electrons. The van der Waals surface area contributed by atoms with E-state index in [9.17, 15) is 9.18 Å². The smallest absolute Gasteiger partial charge is 0.136 e. The maximum atomic E-state index is 13.7. The van der Waals surface area contributed by atoms with E-state index in [0.29, 0.717) is 29.3 Å². The molecule has 0 bridgehead atoms. The molecule has 3 heteroatoms. The Balaban J connectivity index is 2.14. The monoisotopic (exact) mass is 268 g/mol. The fourth-order valence-electron chi connectivity index (χ4n) is 2.74. The number of hydrogen-bond acceptors (Lipinski definition) is 1. The molecule has 98 valence electrons. The topological polar surface area (TPSA) is 17.1 Å². The van der Waals surface area contributed by atoms with E-state index in [1.54, 1.807) is 12.1 Å². The Morgan fingerprint density at radius 1 is 1.44 bits per heavy atom. The molecule has 0 amide bonds. The average Bonchev–Trinajstić information content (AvgIpc) is 2.36. The highest BCUT2D eigenvalue weighted by Gasteiger charge is 2.29. The number of hydrogen-bond donors (Lipinski definition) is 0. The molecule has 0 spiro atoms. The normalized spacial score (nSPS) is 24.3. The fourth-order valence-corrected chi connectivity index (χ4v) is 2.98. The second kappa shape index (κ2) is 5.83. The van der Waals surface area contributed by atoms with Crippen molar-refractivity contribution in [1.82, 2.24) is 0 Å². The molecule has 1 saturated carbocycles. The van der Waals surface area contributed by atoms with Gasteiger partial charge in [-0.3, -0.25) is 4.79 Å². The van der Waals surface area contributed by atoms with Gasteiger partial charge in [0.2, 0.25) is 0 Å². The van der Waals surface area contributed by atoms with Crippen LogP contribution in [0.2, 0.25) is 5.02 Å². The van der Waals surface area contributed by atoms with Crippen LogP contribution in [0, 0.1) is 17.7 Å². The van der Waals surface area contributed by atoms with Crippen molar-refractivity contribution < 1.29 is 9.18 Å². The van der Waals surface area contributed by atoms with Gasteiger partial charge in [0.05, 0.1) is 0 Å². The van der Waals surface area contributed by atoms with Crippen LogP contribution in [0.3, 0.4) is 0 Å². The molecule has 1 aliphatic rings. The zero-order chi connectivity index (χ0) is 13.1.